The summed E-state index contributed by atoms with van der Waals surface area (Å²) in [5.41, 5.74) is 0.806. The minimum absolute atomic E-state index is 0.156. The van der Waals surface area contributed by atoms with E-state index in [9.17, 15) is 4.79 Å². The molecule has 2 aromatic carbocycles. The molecule has 3 heteroatoms. The molecule has 3 nitrogen and oxygen atoms in total. The maximum Gasteiger partial charge on any atom is 0.319 e. The molecule has 2 N–H and O–H groups in total. The molecule has 0 aliphatic rings. The first kappa shape index (κ1) is 14.8. The van der Waals surface area contributed by atoms with Crippen molar-refractivity contribution in [2.24, 2.45) is 0 Å². The lowest BCUT2D eigenvalue weighted by molar-refractivity contribution is 0.250. The van der Waals surface area contributed by atoms with Gasteiger partial charge in [-0.05, 0) is 26.0 Å². The molecule has 2 aromatic rings. The molecular weight excluding hydrogens is 236 g/mol. The van der Waals surface area contributed by atoms with Gasteiger partial charge in [0.1, 0.15) is 0 Å². The van der Waals surface area contributed by atoms with E-state index >= 15 is 0 Å². The normalized spacial score (nSPS) is 9.21. The topological polar surface area (TPSA) is 41.1 Å². The number of nitrogens with one attached hydrogen (secondary N) is 2. The molecule has 0 atom stereocenters. The Morgan fingerprint density at radius 3 is 1.68 bits per heavy atom. The van der Waals surface area contributed by atoms with Crippen molar-refractivity contribution in [3.8, 4) is 0 Å². The summed E-state index contributed by atoms with van der Waals surface area (Å²) in [6, 6.07) is 21.4. The van der Waals surface area contributed by atoms with Gasteiger partial charge < -0.3 is 10.6 Å². The van der Waals surface area contributed by atoms with Crippen molar-refractivity contribution in [1.29, 1.82) is 0 Å². The summed E-state index contributed by atoms with van der Waals surface area (Å²) in [7, 11) is 0. The first-order valence-corrected chi connectivity index (χ1v) is 6.31. The Balaban J connectivity index is 0.000000250. The van der Waals surface area contributed by atoms with Gasteiger partial charge in [0, 0.05) is 11.7 Å². The predicted octanol–water partition coefficient (Wildman–Crippen LogP) is 3.90. The molecule has 0 unspecified atom stereocenters. The lowest BCUT2D eigenvalue weighted by Crippen LogP contribution is -2.34. The fourth-order valence-corrected chi connectivity index (χ4v) is 1.34. The number of urea groups is 1. The van der Waals surface area contributed by atoms with Gasteiger partial charge in [-0.1, -0.05) is 54.6 Å². The third-order valence-electron chi connectivity index (χ3n) is 2.12. The van der Waals surface area contributed by atoms with E-state index in [1.54, 1.807) is 0 Å². The van der Waals surface area contributed by atoms with Crippen molar-refractivity contribution >= 4 is 11.7 Å². The molecule has 0 aliphatic carbocycles. The second kappa shape index (κ2) is 8.75. The van der Waals surface area contributed by atoms with E-state index in [4.69, 9.17) is 0 Å². The summed E-state index contributed by atoms with van der Waals surface area (Å²) in [6.45, 7) is 3.84. The fourth-order valence-electron chi connectivity index (χ4n) is 1.34. The largest absolute Gasteiger partial charge is 0.336 e. The zero-order chi connectivity index (χ0) is 13.9. The highest BCUT2D eigenvalue weighted by Crippen LogP contribution is 2.04. The van der Waals surface area contributed by atoms with Crippen molar-refractivity contribution in [2.45, 2.75) is 19.9 Å². The van der Waals surface area contributed by atoms with Gasteiger partial charge in [-0.15, -0.1) is 0 Å². The van der Waals surface area contributed by atoms with Crippen LogP contribution in [0.3, 0.4) is 0 Å². The van der Waals surface area contributed by atoms with Crippen LogP contribution in [-0.4, -0.2) is 12.1 Å². The van der Waals surface area contributed by atoms with Crippen LogP contribution >= 0.6 is 0 Å². The summed E-state index contributed by atoms with van der Waals surface area (Å²) in [6.07, 6.45) is 0. The second-order valence-corrected chi connectivity index (χ2v) is 4.27. The van der Waals surface area contributed by atoms with E-state index < -0.39 is 0 Å². The Hall–Kier alpha value is -2.29. The van der Waals surface area contributed by atoms with Crippen molar-refractivity contribution in [2.75, 3.05) is 5.32 Å². The third-order valence-corrected chi connectivity index (χ3v) is 2.12. The van der Waals surface area contributed by atoms with E-state index in [2.05, 4.69) is 10.6 Å². The number of hydrogen-bond donors (Lipinski definition) is 2. The lowest BCUT2D eigenvalue weighted by atomic mass is 10.3. The molecule has 0 aromatic heterocycles. The Kier molecular flexibility index (Phi) is 6.80. The van der Waals surface area contributed by atoms with Gasteiger partial charge in [-0.3, -0.25) is 0 Å². The second-order valence-electron chi connectivity index (χ2n) is 4.27. The molecule has 100 valence electrons. The van der Waals surface area contributed by atoms with Crippen molar-refractivity contribution in [1.82, 2.24) is 5.32 Å². The number of amides is 2. The standard InChI is InChI=1S/C10H14N2O.C6H6/c1-8(2)11-10(13)12-9-6-4-3-5-7-9;1-2-4-6-5-3-1/h3-8H,1-2H3,(H2,11,12,13);1-6H. The SMILES string of the molecule is CC(C)NC(=O)Nc1ccccc1.c1ccccc1. The van der Waals surface area contributed by atoms with Gasteiger partial charge in [0.05, 0.1) is 0 Å². The predicted molar refractivity (Wildman–Crippen MR) is 80.2 cm³/mol. The highest BCUT2D eigenvalue weighted by Gasteiger charge is 2.01. The van der Waals surface area contributed by atoms with E-state index in [0.717, 1.165) is 5.69 Å². The van der Waals surface area contributed by atoms with Gasteiger partial charge in [-0.25, -0.2) is 4.79 Å². The molecule has 0 aliphatic heterocycles. The lowest BCUT2D eigenvalue weighted by Gasteiger charge is -2.09. The molecule has 19 heavy (non-hydrogen) atoms. The van der Waals surface area contributed by atoms with Gasteiger partial charge in [0.25, 0.3) is 0 Å². The van der Waals surface area contributed by atoms with Gasteiger partial charge >= 0.3 is 6.03 Å². The first-order valence-electron chi connectivity index (χ1n) is 6.31. The molecule has 2 rings (SSSR count). The Bertz CT molecular complexity index is 428. The van der Waals surface area contributed by atoms with E-state index in [1.165, 1.54) is 0 Å². The monoisotopic (exact) mass is 256 g/mol. The molecule has 0 saturated heterocycles. The summed E-state index contributed by atoms with van der Waals surface area (Å²) < 4.78 is 0. The number of anilines is 1. The summed E-state index contributed by atoms with van der Waals surface area (Å²) >= 11 is 0. The highest BCUT2D eigenvalue weighted by molar-refractivity contribution is 5.89. The van der Waals surface area contributed by atoms with Crippen LogP contribution < -0.4 is 10.6 Å². The number of benzene rings is 2. The summed E-state index contributed by atoms with van der Waals surface area (Å²) in [5, 5.41) is 5.46. The minimum atomic E-state index is -0.166. The van der Waals surface area contributed by atoms with Crippen LogP contribution in [0, 0.1) is 0 Å². The smallest absolute Gasteiger partial charge is 0.319 e. The van der Waals surface area contributed by atoms with Crippen LogP contribution in [0.25, 0.3) is 0 Å². The average Bonchev–Trinajstić information content (AvgIpc) is 2.41. The van der Waals surface area contributed by atoms with Gasteiger partial charge in [-0.2, -0.15) is 0 Å². The average molecular weight is 256 g/mol. The fraction of sp³-hybridized carbons (Fsp3) is 0.188. The molecular formula is C16H20N2O. The Morgan fingerprint density at radius 2 is 1.26 bits per heavy atom. The van der Waals surface area contributed by atoms with Crippen LogP contribution in [0.4, 0.5) is 10.5 Å². The molecule has 0 heterocycles. The van der Waals surface area contributed by atoms with Crippen molar-refractivity contribution < 1.29 is 4.79 Å². The number of carbonyl (C=O) groups is 1. The molecule has 0 fully saturated rings. The zero-order valence-corrected chi connectivity index (χ0v) is 11.3. The number of carbonyl (C=O) groups excluding carboxylic acids is 1. The Morgan fingerprint density at radius 1 is 0.842 bits per heavy atom. The first-order chi connectivity index (χ1) is 9.18. The summed E-state index contributed by atoms with van der Waals surface area (Å²) in [5.74, 6) is 0. The number of para-hydroxylation sites is 1. The van der Waals surface area contributed by atoms with Crippen LogP contribution in [0.2, 0.25) is 0 Å². The van der Waals surface area contributed by atoms with E-state index in [-0.39, 0.29) is 12.1 Å². The molecule has 2 amide bonds. The van der Waals surface area contributed by atoms with Crippen molar-refractivity contribution in [3.05, 3.63) is 66.7 Å². The quantitative estimate of drug-likeness (QED) is 0.840. The maximum atomic E-state index is 11.2. The van der Waals surface area contributed by atoms with Gasteiger partial charge in [0.2, 0.25) is 0 Å². The number of rotatable bonds is 2. The minimum Gasteiger partial charge on any atom is -0.336 e. The zero-order valence-electron chi connectivity index (χ0n) is 11.3. The Labute approximate surface area is 114 Å². The summed E-state index contributed by atoms with van der Waals surface area (Å²) in [4.78, 5) is 11.2. The molecule has 0 radical (unpaired) electrons. The molecule has 0 bridgehead atoms. The molecule has 0 spiro atoms. The third kappa shape index (κ3) is 7.60. The maximum absolute atomic E-state index is 11.2. The van der Waals surface area contributed by atoms with Gasteiger partial charge in [0.15, 0.2) is 0 Å². The van der Waals surface area contributed by atoms with Crippen LogP contribution in [-0.2, 0) is 0 Å². The van der Waals surface area contributed by atoms with Crippen LogP contribution in [0.1, 0.15) is 13.8 Å². The van der Waals surface area contributed by atoms with E-state index in [1.807, 2.05) is 80.6 Å². The number of hydrogen-bond acceptors (Lipinski definition) is 1. The van der Waals surface area contributed by atoms with Crippen LogP contribution in [0.5, 0.6) is 0 Å². The molecule has 0 saturated carbocycles. The van der Waals surface area contributed by atoms with E-state index in [0.29, 0.717) is 0 Å². The van der Waals surface area contributed by atoms with Crippen LogP contribution in [0.15, 0.2) is 66.7 Å². The highest BCUT2D eigenvalue weighted by atomic mass is 16.2. The van der Waals surface area contributed by atoms with Crippen molar-refractivity contribution in [3.63, 3.8) is 0 Å².